The lowest BCUT2D eigenvalue weighted by Crippen LogP contribution is -2.19. The highest BCUT2D eigenvalue weighted by Crippen LogP contribution is 2.26. The summed E-state index contributed by atoms with van der Waals surface area (Å²) < 4.78 is 0.629. The number of carbonyl (C=O) groups excluding carboxylic acids is 2. The second-order valence-corrected chi connectivity index (χ2v) is 4.39. The molecular weight excluding hydrogens is 222 g/mol. The Hall–Kier alpha value is -1.13. The SMILES string of the molecule is O=C1C/C(=C/c2ccsc2Cl)C(=O)N1. The third kappa shape index (κ3) is 1.71. The van der Waals surface area contributed by atoms with Gasteiger partial charge in [-0.1, -0.05) is 11.6 Å². The molecule has 0 bridgehead atoms. The summed E-state index contributed by atoms with van der Waals surface area (Å²) in [6.45, 7) is 0. The zero-order chi connectivity index (χ0) is 10.1. The number of imide groups is 1. The average molecular weight is 228 g/mol. The van der Waals surface area contributed by atoms with Crippen molar-refractivity contribution in [1.29, 1.82) is 0 Å². The van der Waals surface area contributed by atoms with Gasteiger partial charge < -0.3 is 0 Å². The monoisotopic (exact) mass is 227 g/mol. The lowest BCUT2D eigenvalue weighted by molar-refractivity contribution is -0.124. The van der Waals surface area contributed by atoms with Gasteiger partial charge in [-0.3, -0.25) is 14.9 Å². The van der Waals surface area contributed by atoms with Crippen molar-refractivity contribution in [1.82, 2.24) is 5.32 Å². The van der Waals surface area contributed by atoms with Crippen LogP contribution in [-0.4, -0.2) is 11.8 Å². The molecule has 3 nitrogen and oxygen atoms in total. The Labute approximate surface area is 89.4 Å². The first-order valence-electron chi connectivity index (χ1n) is 3.94. The van der Waals surface area contributed by atoms with Gasteiger partial charge in [-0.05, 0) is 17.5 Å². The quantitative estimate of drug-likeness (QED) is 0.588. The van der Waals surface area contributed by atoms with Crippen LogP contribution in [-0.2, 0) is 9.59 Å². The second kappa shape index (κ2) is 3.55. The van der Waals surface area contributed by atoms with E-state index in [1.807, 2.05) is 11.4 Å². The van der Waals surface area contributed by atoms with Gasteiger partial charge in [0, 0.05) is 11.1 Å². The summed E-state index contributed by atoms with van der Waals surface area (Å²) in [5.74, 6) is -0.579. The zero-order valence-corrected chi connectivity index (χ0v) is 8.61. The molecule has 2 rings (SSSR count). The van der Waals surface area contributed by atoms with Gasteiger partial charge in [-0.25, -0.2) is 0 Å². The Morgan fingerprint density at radius 3 is 2.79 bits per heavy atom. The maximum atomic E-state index is 11.2. The molecule has 0 atom stereocenters. The van der Waals surface area contributed by atoms with E-state index in [1.54, 1.807) is 6.08 Å². The van der Waals surface area contributed by atoms with Crippen LogP contribution in [0.3, 0.4) is 0 Å². The van der Waals surface area contributed by atoms with Crippen LogP contribution < -0.4 is 5.32 Å². The van der Waals surface area contributed by atoms with E-state index in [9.17, 15) is 9.59 Å². The molecule has 0 aliphatic carbocycles. The van der Waals surface area contributed by atoms with Crippen molar-refractivity contribution in [3.05, 3.63) is 26.9 Å². The van der Waals surface area contributed by atoms with Gasteiger partial charge in [0.05, 0.1) is 6.42 Å². The van der Waals surface area contributed by atoms with Crippen molar-refractivity contribution in [2.75, 3.05) is 0 Å². The molecule has 1 N–H and O–H groups in total. The van der Waals surface area contributed by atoms with Crippen LogP contribution >= 0.6 is 22.9 Å². The molecule has 14 heavy (non-hydrogen) atoms. The largest absolute Gasteiger partial charge is 0.292 e. The fraction of sp³-hybridized carbons (Fsp3) is 0.111. The van der Waals surface area contributed by atoms with Crippen molar-refractivity contribution in [2.24, 2.45) is 0 Å². The molecule has 0 unspecified atom stereocenters. The maximum Gasteiger partial charge on any atom is 0.254 e. The van der Waals surface area contributed by atoms with Crippen molar-refractivity contribution in [3.63, 3.8) is 0 Å². The number of hydrogen-bond donors (Lipinski definition) is 1. The van der Waals surface area contributed by atoms with Crippen LogP contribution in [0.5, 0.6) is 0 Å². The number of halogens is 1. The van der Waals surface area contributed by atoms with Gasteiger partial charge in [-0.2, -0.15) is 0 Å². The summed E-state index contributed by atoms with van der Waals surface area (Å²) in [5, 5.41) is 4.05. The van der Waals surface area contributed by atoms with E-state index in [0.29, 0.717) is 9.91 Å². The fourth-order valence-corrected chi connectivity index (χ4v) is 2.08. The topological polar surface area (TPSA) is 46.2 Å². The van der Waals surface area contributed by atoms with Crippen LogP contribution in [0, 0.1) is 0 Å². The molecule has 1 aromatic heterocycles. The average Bonchev–Trinajstić information content (AvgIpc) is 2.62. The first-order chi connectivity index (χ1) is 6.66. The van der Waals surface area contributed by atoms with Crippen LogP contribution in [0.1, 0.15) is 12.0 Å². The number of nitrogens with one attached hydrogen (secondary N) is 1. The lowest BCUT2D eigenvalue weighted by atomic mass is 10.1. The summed E-state index contributed by atoms with van der Waals surface area (Å²) in [5.41, 5.74) is 1.26. The highest BCUT2D eigenvalue weighted by Gasteiger charge is 2.23. The van der Waals surface area contributed by atoms with Gasteiger partial charge in [0.2, 0.25) is 5.91 Å². The molecule has 72 valence electrons. The molecule has 0 radical (unpaired) electrons. The Kier molecular flexibility index (Phi) is 2.39. The van der Waals surface area contributed by atoms with E-state index in [4.69, 9.17) is 11.6 Å². The Morgan fingerprint density at radius 1 is 1.50 bits per heavy atom. The molecule has 2 heterocycles. The van der Waals surface area contributed by atoms with Gasteiger partial charge in [0.1, 0.15) is 4.34 Å². The second-order valence-electron chi connectivity index (χ2n) is 2.87. The minimum absolute atomic E-state index is 0.144. The summed E-state index contributed by atoms with van der Waals surface area (Å²) in [6, 6.07) is 1.82. The van der Waals surface area contributed by atoms with E-state index in [2.05, 4.69) is 5.32 Å². The molecule has 1 saturated heterocycles. The molecule has 0 spiro atoms. The van der Waals surface area contributed by atoms with Crippen LogP contribution in [0.4, 0.5) is 0 Å². The van der Waals surface area contributed by atoms with E-state index < -0.39 is 0 Å². The molecule has 0 saturated carbocycles. The number of carbonyl (C=O) groups is 2. The van der Waals surface area contributed by atoms with Gasteiger partial charge in [0.15, 0.2) is 0 Å². The third-order valence-electron chi connectivity index (χ3n) is 1.87. The minimum atomic E-state index is -0.322. The predicted octanol–water partition coefficient (Wildman–Crippen LogP) is 1.83. The Balaban J connectivity index is 2.32. The third-order valence-corrected chi connectivity index (χ3v) is 3.07. The van der Waals surface area contributed by atoms with Crippen molar-refractivity contribution >= 4 is 40.8 Å². The van der Waals surface area contributed by atoms with Gasteiger partial charge in [0.25, 0.3) is 5.91 Å². The number of thiophene rings is 1. The predicted molar refractivity (Wildman–Crippen MR) is 55.1 cm³/mol. The Morgan fingerprint density at radius 2 is 2.29 bits per heavy atom. The minimum Gasteiger partial charge on any atom is -0.292 e. The van der Waals surface area contributed by atoms with E-state index in [1.165, 1.54) is 11.3 Å². The van der Waals surface area contributed by atoms with Crippen LogP contribution in [0.2, 0.25) is 4.34 Å². The standard InChI is InChI=1S/C9H6ClNO2S/c10-8-5(1-2-14-8)3-6-4-7(12)11-9(6)13/h1-3H,4H2,(H,11,12,13)/b6-3-. The van der Waals surface area contributed by atoms with E-state index >= 15 is 0 Å². The number of rotatable bonds is 1. The zero-order valence-electron chi connectivity index (χ0n) is 7.04. The lowest BCUT2D eigenvalue weighted by Gasteiger charge is -1.91. The summed E-state index contributed by atoms with van der Waals surface area (Å²) >= 11 is 7.25. The molecule has 1 aliphatic rings. The summed E-state index contributed by atoms with van der Waals surface area (Å²) in [7, 11) is 0. The fourth-order valence-electron chi connectivity index (χ4n) is 1.21. The van der Waals surface area contributed by atoms with E-state index in [0.717, 1.165) is 5.56 Å². The molecule has 1 fully saturated rings. The molecule has 1 aliphatic heterocycles. The first-order valence-corrected chi connectivity index (χ1v) is 5.20. The van der Waals surface area contributed by atoms with Crippen molar-refractivity contribution < 1.29 is 9.59 Å². The molecule has 2 amide bonds. The van der Waals surface area contributed by atoms with E-state index in [-0.39, 0.29) is 18.2 Å². The van der Waals surface area contributed by atoms with Crippen molar-refractivity contribution in [3.8, 4) is 0 Å². The normalized spacial score (nSPS) is 19.1. The highest BCUT2D eigenvalue weighted by atomic mass is 35.5. The van der Waals surface area contributed by atoms with Gasteiger partial charge >= 0.3 is 0 Å². The maximum absolute atomic E-state index is 11.2. The molecular formula is C9H6ClNO2S. The van der Waals surface area contributed by atoms with Crippen LogP contribution in [0.25, 0.3) is 6.08 Å². The smallest absolute Gasteiger partial charge is 0.254 e. The molecule has 0 aromatic carbocycles. The molecule has 1 aromatic rings. The number of amides is 2. The van der Waals surface area contributed by atoms with Crippen molar-refractivity contribution in [2.45, 2.75) is 6.42 Å². The van der Waals surface area contributed by atoms with Crippen LogP contribution in [0.15, 0.2) is 17.0 Å². The number of hydrogen-bond acceptors (Lipinski definition) is 3. The summed E-state index contributed by atoms with van der Waals surface area (Å²) in [4.78, 5) is 22.1. The van der Waals surface area contributed by atoms with Gasteiger partial charge in [-0.15, -0.1) is 11.3 Å². The summed E-state index contributed by atoms with van der Waals surface area (Å²) in [6.07, 6.45) is 1.80. The highest BCUT2D eigenvalue weighted by molar-refractivity contribution is 7.14. The molecule has 5 heteroatoms. The first kappa shape index (κ1) is 9.43. The Bertz CT molecular complexity index is 436.